The van der Waals surface area contributed by atoms with Crippen LogP contribution in [0.5, 0.6) is 0 Å². The summed E-state index contributed by atoms with van der Waals surface area (Å²) in [4.78, 5) is 7.18. The lowest BCUT2D eigenvalue weighted by molar-refractivity contribution is 0.0845. The van der Waals surface area contributed by atoms with E-state index in [1.807, 2.05) is 6.20 Å². The number of aliphatic hydroxyl groups is 1. The second-order valence-corrected chi connectivity index (χ2v) is 3.33. The van der Waals surface area contributed by atoms with E-state index in [-0.39, 0.29) is 6.61 Å². The quantitative estimate of drug-likeness (QED) is 0.711. The second-order valence-electron chi connectivity index (χ2n) is 3.33. The van der Waals surface area contributed by atoms with Gasteiger partial charge in [0.2, 0.25) is 0 Å². The van der Waals surface area contributed by atoms with Crippen LogP contribution in [0.15, 0.2) is 6.20 Å². The summed E-state index contributed by atoms with van der Waals surface area (Å²) in [6.07, 6.45) is 3.92. The van der Waals surface area contributed by atoms with Crippen LogP contribution in [0.3, 0.4) is 0 Å². The third kappa shape index (κ3) is 1.89. The monoisotopic (exact) mass is 182 g/mol. The van der Waals surface area contributed by atoms with Crippen LogP contribution in [0.4, 0.5) is 0 Å². The normalized spacial score (nSPS) is 19.2. The minimum Gasteiger partial charge on any atom is -0.388 e. The Morgan fingerprint density at radius 1 is 1.54 bits per heavy atom. The molecule has 2 rings (SSSR count). The molecule has 0 radical (unpaired) electrons. The lowest BCUT2D eigenvalue weighted by atomic mass is 9.97. The number of rotatable bonds is 2. The Bertz CT molecular complexity index is 266. The van der Waals surface area contributed by atoms with Gasteiger partial charge >= 0.3 is 0 Å². The number of hydrogen-bond donors (Lipinski definition) is 2. The summed E-state index contributed by atoms with van der Waals surface area (Å²) >= 11 is 0. The van der Waals surface area contributed by atoms with Crippen LogP contribution >= 0.6 is 0 Å². The number of imidazole rings is 1. The molecule has 0 aromatic carbocycles. The molecule has 1 aromatic heterocycles. The summed E-state index contributed by atoms with van der Waals surface area (Å²) in [6, 6.07) is 0. The van der Waals surface area contributed by atoms with Crippen molar-refractivity contribution in [2.45, 2.75) is 25.4 Å². The zero-order valence-corrected chi connectivity index (χ0v) is 7.49. The van der Waals surface area contributed by atoms with Crippen LogP contribution in [-0.4, -0.2) is 28.3 Å². The molecule has 0 amide bonds. The highest BCUT2D eigenvalue weighted by Gasteiger charge is 2.17. The van der Waals surface area contributed by atoms with Crippen molar-refractivity contribution < 1.29 is 9.84 Å². The zero-order chi connectivity index (χ0) is 9.10. The molecule has 13 heavy (non-hydrogen) atoms. The van der Waals surface area contributed by atoms with Crippen LogP contribution in [0, 0.1) is 0 Å². The van der Waals surface area contributed by atoms with Crippen LogP contribution in [0.2, 0.25) is 0 Å². The molecular formula is C9H14N2O2. The van der Waals surface area contributed by atoms with Crippen LogP contribution < -0.4 is 0 Å². The zero-order valence-electron chi connectivity index (χ0n) is 7.49. The van der Waals surface area contributed by atoms with Gasteiger partial charge in [-0.25, -0.2) is 4.98 Å². The number of hydrogen-bond acceptors (Lipinski definition) is 3. The predicted octanol–water partition coefficient (Wildman–Crippen LogP) is 0.796. The van der Waals surface area contributed by atoms with E-state index in [1.165, 1.54) is 0 Å². The maximum Gasteiger partial charge on any atom is 0.132 e. The van der Waals surface area contributed by atoms with Gasteiger partial charge in [0.05, 0.1) is 0 Å². The molecule has 2 N–H and O–H groups in total. The van der Waals surface area contributed by atoms with Gasteiger partial charge in [0.1, 0.15) is 12.4 Å². The SMILES string of the molecule is OCc1ncc(C2CCOCC2)[nH]1. The van der Waals surface area contributed by atoms with Crippen molar-refractivity contribution in [2.24, 2.45) is 0 Å². The molecule has 0 atom stereocenters. The molecule has 72 valence electrons. The Hall–Kier alpha value is -0.870. The van der Waals surface area contributed by atoms with E-state index < -0.39 is 0 Å². The topological polar surface area (TPSA) is 58.1 Å². The van der Waals surface area contributed by atoms with E-state index in [2.05, 4.69) is 9.97 Å². The number of aromatic nitrogens is 2. The molecule has 0 spiro atoms. The Labute approximate surface area is 77.0 Å². The van der Waals surface area contributed by atoms with Gasteiger partial charge < -0.3 is 14.8 Å². The third-order valence-corrected chi connectivity index (χ3v) is 2.46. The van der Waals surface area contributed by atoms with Crippen molar-refractivity contribution in [2.75, 3.05) is 13.2 Å². The van der Waals surface area contributed by atoms with Crippen molar-refractivity contribution >= 4 is 0 Å². The van der Waals surface area contributed by atoms with E-state index >= 15 is 0 Å². The Morgan fingerprint density at radius 3 is 2.92 bits per heavy atom. The maximum atomic E-state index is 8.83. The van der Waals surface area contributed by atoms with Crippen molar-refractivity contribution in [1.82, 2.24) is 9.97 Å². The molecule has 2 heterocycles. The van der Waals surface area contributed by atoms with Gasteiger partial charge in [-0.1, -0.05) is 0 Å². The van der Waals surface area contributed by atoms with Gasteiger partial charge in [-0.3, -0.25) is 0 Å². The van der Waals surface area contributed by atoms with Crippen molar-refractivity contribution in [3.63, 3.8) is 0 Å². The van der Waals surface area contributed by atoms with Crippen LogP contribution in [-0.2, 0) is 11.3 Å². The molecule has 0 unspecified atom stereocenters. The summed E-state index contributed by atoms with van der Waals surface area (Å²) < 4.78 is 5.27. The summed E-state index contributed by atoms with van der Waals surface area (Å²) in [5.74, 6) is 1.18. The minimum absolute atomic E-state index is 0.0107. The lowest BCUT2D eigenvalue weighted by Gasteiger charge is -2.20. The third-order valence-electron chi connectivity index (χ3n) is 2.46. The molecule has 1 fully saturated rings. The van der Waals surface area contributed by atoms with Gasteiger partial charge in [0.25, 0.3) is 0 Å². The number of aliphatic hydroxyl groups excluding tert-OH is 1. The first kappa shape index (κ1) is 8.72. The van der Waals surface area contributed by atoms with Crippen molar-refractivity contribution in [3.8, 4) is 0 Å². The first-order chi connectivity index (χ1) is 6.40. The summed E-state index contributed by atoms with van der Waals surface area (Å²) in [5, 5.41) is 8.83. The van der Waals surface area contributed by atoms with Gasteiger partial charge in [-0.05, 0) is 12.8 Å². The number of ether oxygens (including phenoxy) is 1. The molecule has 1 aromatic rings. The van der Waals surface area contributed by atoms with Crippen molar-refractivity contribution in [1.29, 1.82) is 0 Å². The molecule has 4 nitrogen and oxygen atoms in total. The van der Waals surface area contributed by atoms with E-state index in [4.69, 9.17) is 9.84 Å². The minimum atomic E-state index is -0.0107. The summed E-state index contributed by atoms with van der Waals surface area (Å²) in [5.41, 5.74) is 1.13. The maximum absolute atomic E-state index is 8.83. The molecule has 4 heteroatoms. The molecule has 0 aliphatic carbocycles. The average Bonchev–Trinajstić information content (AvgIpc) is 2.67. The number of nitrogens with zero attached hydrogens (tertiary/aromatic N) is 1. The summed E-state index contributed by atoms with van der Waals surface area (Å²) in [6.45, 7) is 1.65. The fraction of sp³-hybridized carbons (Fsp3) is 0.667. The fourth-order valence-corrected chi connectivity index (χ4v) is 1.68. The molecule has 0 bridgehead atoms. The highest BCUT2D eigenvalue weighted by Crippen LogP contribution is 2.24. The van der Waals surface area contributed by atoms with Crippen LogP contribution in [0.25, 0.3) is 0 Å². The van der Waals surface area contributed by atoms with Gasteiger partial charge in [-0.2, -0.15) is 0 Å². The molecular weight excluding hydrogens is 168 g/mol. The summed E-state index contributed by atoms with van der Waals surface area (Å²) in [7, 11) is 0. The highest BCUT2D eigenvalue weighted by molar-refractivity contribution is 5.07. The van der Waals surface area contributed by atoms with E-state index in [0.29, 0.717) is 11.7 Å². The Morgan fingerprint density at radius 2 is 2.31 bits per heavy atom. The Kier molecular flexibility index (Phi) is 2.61. The fourth-order valence-electron chi connectivity index (χ4n) is 1.68. The second kappa shape index (κ2) is 3.89. The smallest absolute Gasteiger partial charge is 0.132 e. The van der Waals surface area contributed by atoms with E-state index in [9.17, 15) is 0 Å². The number of aromatic amines is 1. The molecule has 1 aliphatic heterocycles. The number of nitrogens with one attached hydrogen (secondary N) is 1. The largest absolute Gasteiger partial charge is 0.388 e. The highest BCUT2D eigenvalue weighted by atomic mass is 16.5. The van der Waals surface area contributed by atoms with E-state index in [1.54, 1.807) is 0 Å². The van der Waals surface area contributed by atoms with Gasteiger partial charge in [-0.15, -0.1) is 0 Å². The lowest BCUT2D eigenvalue weighted by Crippen LogP contribution is -2.14. The first-order valence-electron chi connectivity index (χ1n) is 4.62. The molecule has 1 aliphatic rings. The Balaban J connectivity index is 2.05. The predicted molar refractivity (Wildman–Crippen MR) is 47.3 cm³/mol. The first-order valence-corrected chi connectivity index (χ1v) is 4.62. The van der Waals surface area contributed by atoms with Crippen molar-refractivity contribution in [3.05, 3.63) is 17.7 Å². The average molecular weight is 182 g/mol. The van der Waals surface area contributed by atoms with Gasteiger partial charge in [0, 0.05) is 31.0 Å². The van der Waals surface area contributed by atoms with Gasteiger partial charge in [0.15, 0.2) is 0 Å². The molecule has 1 saturated heterocycles. The standard InChI is InChI=1S/C9H14N2O2/c12-6-9-10-5-8(11-9)7-1-3-13-4-2-7/h5,7,12H,1-4,6H2,(H,10,11). The van der Waals surface area contributed by atoms with E-state index in [0.717, 1.165) is 31.7 Å². The number of H-pyrrole nitrogens is 1. The van der Waals surface area contributed by atoms with Crippen LogP contribution in [0.1, 0.15) is 30.3 Å². The molecule has 0 saturated carbocycles.